The van der Waals surface area contributed by atoms with Crippen molar-refractivity contribution in [2.75, 3.05) is 4.43 Å². The van der Waals surface area contributed by atoms with E-state index in [4.69, 9.17) is 0 Å². The summed E-state index contributed by atoms with van der Waals surface area (Å²) < 4.78 is 4.53. The molecule has 0 aliphatic heterocycles. The molecule has 0 unspecified atom stereocenters. The molecule has 0 spiro atoms. The summed E-state index contributed by atoms with van der Waals surface area (Å²) in [7, 11) is 0. The monoisotopic (exact) mass is 386 g/mol. The zero-order valence-electron chi connectivity index (χ0n) is 6.79. The molecular weight excluding hydrogens is 374 g/mol. The van der Waals surface area contributed by atoms with Gasteiger partial charge in [0.2, 0.25) is 0 Å². The Labute approximate surface area is 97.5 Å². The number of hydrogen-bond acceptors (Lipinski definition) is 0. The summed E-state index contributed by atoms with van der Waals surface area (Å²) in [5.41, 5.74) is 0. The summed E-state index contributed by atoms with van der Waals surface area (Å²) in [6.07, 6.45) is 3.01. The van der Waals surface area contributed by atoms with Gasteiger partial charge in [-0.1, -0.05) is 0 Å². The van der Waals surface area contributed by atoms with Crippen LogP contribution in [0.1, 0.15) is 12.8 Å². The van der Waals surface area contributed by atoms with Gasteiger partial charge in [-0.05, 0) is 0 Å². The molecule has 1 aliphatic rings. The molecule has 0 bridgehead atoms. The molecule has 0 amide bonds. The maximum atomic E-state index is 2.31. The van der Waals surface area contributed by atoms with Gasteiger partial charge in [-0.25, -0.2) is 0 Å². The van der Waals surface area contributed by atoms with Crippen molar-refractivity contribution in [2.45, 2.75) is 12.8 Å². The number of alkyl halides is 1. The molecular formula is C10H12I2. The SMILES string of the molecule is [IH+]c1ccc([I-]CC2CC2)cc1. The van der Waals surface area contributed by atoms with Gasteiger partial charge in [0.1, 0.15) is 0 Å². The molecule has 12 heavy (non-hydrogen) atoms. The second-order valence-electron chi connectivity index (χ2n) is 3.19. The molecule has 1 aliphatic carbocycles. The number of halogens is 2. The Morgan fingerprint density at radius 2 is 1.92 bits per heavy atom. The van der Waals surface area contributed by atoms with Crippen LogP contribution < -0.4 is 43.8 Å². The molecule has 0 aromatic heterocycles. The van der Waals surface area contributed by atoms with Gasteiger partial charge in [-0.2, -0.15) is 0 Å². The van der Waals surface area contributed by atoms with Crippen molar-refractivity contribution in [3.63, 3.8) is 0 Å². The molecule has 0 radical (unpaired) electrons. The fourth-order valence-corrected chi connectivity index (χ4v) is 4.26. The van der Waals surface area contributed by atoms with Crippen LogP contribution in [-0.2, 0) is 0 Å². The fourth-order valence-electron chi connectivity index (χ4n) is 0.994. The molecule has 66 valence electrons. The van der Waals surface area contributed by atoms with Gasteiger partial charge in [0, 0.05) is 0 Å². The molecule has 0 heterocycles. The van der Waals surface area contributed by atoms with Gasteiger partial charge in [0.05, 0.1) is 0 Å². The van der Waals surface area contributed by atoms with Crippen LogP contribution >= 0.6 is 0 Å². The van der Waals surface area contributed by atoms with Crippen LogP contribution in [0.25, 0.3) is 0 Å². The van der Waals surface area contributed by atoms with E-state index < -0.39 is 0 Å². The van der Waals surface area contributed by atoms with Gasteiger partial charge >= 0.3 is 98.4 Å². The molecule has 0 saturated heterocycles. The van der Waals surface area contributed by atoms with Crippen molar-refractivity contribution in [1.29, 1.82) is 0 Å². The molecule has 1 aromatic rings. The van der Waals surface area contributed by atoms with E-state index in [9.17, 15) is 0 Å². The Kier molecular flexibility index (Phi) is 3.28. The average Bonchev–Trinajstić information content (AvgIpc) is 2.87. The molecule has 2 heteroatoms. The maximum absolute atomic E-state index is 2.31. The summed E-state index contributed by atoms with van der Waals surface area (Å²) in [4.78, 5) is 0. The van der Waals surface area contributed by atoms with E-state index in [1.54, 1.807) is 3.57 Å². The minimum absolute atomic E-state index is 0.337. The Morgan fingerprint density at radius 1 is 1.25 bits per heavy atom. The number of hydrogen-bond donors (Lipinski definition) is 0. The molecule has 0 N–H and O–H groups in total. The zero-order valence-corrected chi connectivity index (χ0v) is 11.3. The molecule has 1 aromatic carbocycles. The van der Waals surface area contributed by atoms with Crippen LogP contribution in [0.4, 0.5) is 0 Å². The summed E-state index contributed by atoms with van der Waals surface area (Å²) in [5.74, 6) is 1.11. The fraction of sp³-hybridized carbons (Fsp3) is 0.400. The molecule has 1 saturated carbocycles. The van der Waals surface area contributed by atoms with Crippen LogP contribution in [0, 0.1) is 13.1 Å². The summed E-state index contributed by atoms with van der Waals surface area (Å²) in [6.45, 7) is 0. The van der Waals surface area contributed by atoms with Crippen LogP contribution in [0.2, 0.25) is 0 Å². The second kappa shape index (κ2) is 4.26. The Bertz CT molecular complexity index is 249. The van der Waals surface area contributed by atoms with Crippen LogP contribution in [0.15, 0.2) is 24.3 Å². The molecule has 2 rings (SSSR count). The van der Waals surface area contributed by atoms with E-state index in [1.165, 1.54) is 20.8 Å². The Morgan fingerprint density at radius 3 is 2.50 bits per heavy atom. The summed E-state index contributed by atoms with van der Waals surface area (Å²) >= 11 is 2.42. The first-order chi connectivity index (χ1) is 5.84. The number of rotatable bonds is 3. The minimum atomic E-state index is 0.337. The Hall–Kier alpha value is 0.680. The van der Waals surface area contributed by atoms with Crippen molar-refractivity contribution < 1.29 is 43.8 Å². The van der Waals surface area contributed by atoms with E-state index in [-0.39, 0.29) is 0 Å². The van der Waals surface area contributed by atoms with Gasteiger partial charge in [0.15, 0.2) is 0 Å². The van der Waals surface area contributed by atoms with E-state index in [0.29, 0.717) is 21.2 Å². The third kappa shape index (κ3) is 2.87. The quantitative estimate of drug-likeness (QED) is 0.366. The zero-order chi connectivity index (χ0) is 8.39. The summed E-state index contributed by atoms with van der Waals surface area (Å²) in [6, 6.07) is 9.11. The molecule has 1 fully saturated rings. The van der Waals surface area contributed by atoms with Gasteiger partial charge in [-0.3, -0.25) is 0 Å². The van der Waals surface area contributed by atoms with Crippen LogP contribution in [-0.4, -0.2) is 4.43 Å². The Balaban J connectivity index is 1.89. The van der Waals surface area contributed by atoms with Crippen molar-refractivity contribution >= 4 is 0 Å². The van der Waals surface area contributed by atoms with Crippen LogP contribution in [0.3, 0.4) is 0 Å². The third-order valence-corrected chi connectivity index (χ3v) is 6.02. The van der Waals surface area contributed by atoms with E-state index in [2.05, 4.69) is 46.9 Å². The van der Waals surface area contributed by atoms with Crippen molar-refractivity contribution in [3.05, 3.63) is 31.4 Å². The van der Waals surface area contributed by atoms with Gasteiger partial charge < -0.3 is 0 Å². The van der Waals surface area contributed by atoms with Crippen molar-refractivity contribution in [1.82, 2.24) is 0 Å². The normalized spacial score (nSPS) is 16.8. The molecule has 0 nitrogen and oxygen atoms in total. The van der Waals surface area contributed by atoms with E-state index in [1.807, 2.05) is 0 Å². The number of benzene rings is 1. The predicted molar refractivity (Wildman–Crippen MR) is 42.8 cm³/mol. The summed E-state index contributed by atoms with van der Waals surface area (Å²) in [5, 5.41) is 0. The van der Waals surface area contributed by atoms with Gasteiger partial charge in [0.25, 0.3) is 0 Å². The van der Waals surface area contributed by atoms with E-state index >= 15 is 0 Å². The van der Waals surface area contributed by atoms with Crippen LogP contribution in [0.5, 0.6) is 0 Å². The second-order valence-corrected chi connectivity index (χ2v) is 7.42. The van der Waals surface area contributed by atoms with Crippen molar-refractivity contribution in [3.8, 4) is 0 Å². The predicted octanol–water partition coefficient (Wildman–Crippen LogP) is -4.19. The van der Waals surface area contributed by atoms with E-state index in [0.717, 1.165) is 5.92 Å². The first-order valence-corrected chi connectivity index (χ1v) is 7.98. The standard InChI is InChI=1S/C10H12I2/c11-9-3-5-10(6-4-9)12-7-8-1-2-8/h3-6,8,11H,1-2,7H2. The topological polar surface area (TPSA) is 0 Å². The molecule has 0 atom stereocenters. The average molecular weight is 386 g/mol. The van der Waals surface area contributed by atoms with Gasteiger partial charge in [-0.15, -0.1) is 0 Å². The van der Waals surface area contributed by atoms with Crippen molar-refractivity contribution in [2.24, 2.45) is 5.92 Å². The third-order valence-electron chi connectivity index (χ3n) is 1.96. The first-order valence-electron chi connectivity index (χ1n) is 4.21. The first kappa shape index (κ1) is 9.24.